The molecule has 0 atom stereocenters. The SMILES string of the molecule is CCC(CC)NCCOc1c(C)cccc1C. The average Bonchev–Trinajstić information content (AvgIpc) is 2.32. The fraction of sp³-hybridized carbons (Fsp3) is 0.600. The minimum atomic E-state index is 0.622. The van der Waals surface area contributed by atoms with Gasteiger partial charge in [-0.05, 0) is 37.8 Å². The monoisotopic (exact) mass is 235 g/mol. The Hall–Kier alpha value is -1.02. The number of hydrogen-bond acceptors (Lipinski definition) is 2. The highest BCUT2D eigenvalue weighted by Gasteiger charge is 2.04. The topological polar surface area (TPSA) is 21.3 Å². The standard InChI is InChI=1S/C15H25NO/c1-5-14(6-2)16-10-11-17-15-12(3)8-7-9-13(15)4/h7-9,14,16H,5-6,10-11H2,1-4H3. The highest BCUT2D eigenvalue weighted by molar-refractivity contribution is 5.39. The molecule has 0 unspecified atom stereocenters. The second-order valence-electron chi connectivity index (χ2n) is 4.54. The number of para-hydroxylation sites is 1. The third-order valence-electron chi connectivity index (χ3n) is 3.18. The van der Waals surface area contributed by atoms with Gasteiger partial charge in [-0.1, -0.05) is 32.0 Å². The second-order valence-corrected chi connectivity index (χ2v) is 4.54. The van der Waals surface area contributed by atoms with Crippen molar-refractivity contribution in [3.63, 3.8) is 0 Å². The highest BCUT2D eigenvalue weighted by Crippen LogP contribution is 2.21. The van der Waals surface area contributed by atoms with Crippen LogP contribution in [0.1, 0.15) is 37.8 Å². The Balaban J connectivity index is 2.36. The molecular formula is C15H25NO. The Bertz CT molecular complexity index is 311. The van der Waals surface area contributed by atoms with Crippen molar-refractivity contribution in [2.24, 2.45) is 0 Å². The quantitative estimate of drug-likeness (QED) is 0.731. The largest absolute Gasteiger partial charge is 0.492 e. The van der Waals surface area contributed by atoms with Crippen LogP contribution in [0.15, 0.2) is 18.2 Å². The lowest BCUT2D eigenvalue weighted by Crippen LogP contribution is -2.31. The number of benzene rings is 1. The van der Waals surface area contributed by atoms with E-state index in [0.717, 1.165) is 18.9 Å². The van der Waals surface area contributed by atoms with Gasteiger partial charge < -0.3 is 10.1 Å². The molecule has 96 valence electrons. The van der Waals surface area contributed by atoms with Crippen molar-refractivity contribution in [3.8, 4) is 5.75 Å². The van der Waals surface area contributed by atoms with Gasteiger partial charge in [0.1, 0.15) is 12.4 Å². The smallest absolute Gasteiger partial charge is 0.125 e. The molecule has 0 aliphatic heterocycles. The van der Waals surface area contributed by atoms with Crippen LogP contribution in [0.2, 0.25) is 0 Å². The first-order chi connectivity index (χ1) is 8.19. The number of rotatable bonds is 7. The van der Waals surface area contributed by atoms with Crippen LogP contribution in [0.4, 0.5) is 0 Å². The van der Waals surface area contributed by atoms with Crippen molar-refractivity contribution in [3.05, 3.63) is 29.3 Å². The molecule has 0 fully saturated rings. The van der Waals surface area contributed by atoms with Gasteiger partial charge in [0.05, 0.1) is 0 Å². The minimum Gasteiger partial charge on any atom is -0.492 e. The predicted octanol–water partition coefficient (Wildman–Crippen LogP) is 3.46. The first-order valence-electron chi connectivity index (χ1n) is 6.61. The molecule has 1 aromatic carbocycles. The van der Waals surface area contributed by atoms with Crippen LogP contribution >= 0.6 is 0 Å². The summed E-state index contributed by atoms with van der Waals surface area (Å²) in [4.78, 5) is 0. The van der Waals surface area contributed by atoms with Crippen LogP contribution in [-0.4, -0.2) is 19.2 Å². The third-order valence-corrected chi connectivity index (χ3v) is 3.18. The Morgan fingerprint density at radius 3 is 2.24 bits per heavy atom. The van der Waals surface area contributed by atoms with Crippen molar-refractivity contribution in [2.45, 2.75) is 46.6 Å². The van der Waals surface area contributed by atoms with Crippen LogP contribution in [0.3, 0.4) is 0 Å². The summed E-state index contributed by atoms with van der Waals surface area (Å²) in [7, 11) is 0. The van der Waals surface area contributed by atoms with Gasteiger partial charge in [0.15, 0.2) is 0 Å². The first kappa shape index (κ1) is 14.0. The lowest BCUT2D eigenvalue weighted by Gasteiger charge is -2.16. The molecule has 0 bridgehead atoms. The van der Waals surface area contributed by atoms with E-state index >= 15 is 0 Å². The number of hydrogen-bond donors (Lipinski definition) is 1. The molecule has 0 aliphatic carbocycles. The zero-order valence-corrected chi connectivity index (χ0v) is 11.5. The Morgan fingerprint density at radius 2 is 1.71 bits per heavy atom. The summed E-state index contributed by atoms with van der Waals surface area (Å²) in [6, 6.07) is 6.88. The maximum atomic E-state index is 5.84. The van der Waals surface area contributed by atoms with E-state index in [2.05, 4.69) is 51.2 Å². The number of ether oxygens (including phenoxy) is 1. The lowest BCUT2D eigenvalue weighted by atomic mass is 10.1. The Morgan fingerprint density at radius 1 is 1.12 bits per heavy atom. The molecule has 17 heavy (non-hydrogen) atoms. The van der Waals surface area contributed by atoms with Gasteiger partial charge in [-0.15, -0.1) is 0 Å². The fourth-order valence-electron chi connectivity index (χ4n) is 2.02. The fourth-order valence-corrected chi connectivity index (χ4v) is 2.02. The van der Waals surface area contributed by atoms with Crippen molar-refractivity contribution >= 4 is 0 Å². The van der Waals surface area contributed by atoms with Crippen LogP contribution < -0.4 is 10.1 Å². The lowest BCUT2D eigenvalue weighted by molar-refractivity contribution is 0.299. The normalized spacial score (nSPS) is 10.9. The summed E-state index contributed by atoms with van der Waals surface area (Å²) in [5.41, 5.74) is 2.43. The highest BCUT2D eigenvalue weighted by atomic mass is 16.5. The summed E-state index contributed by atoms with van der Waals surface area (Å²) < 4.78 is 5.84. The van der Waals surface area contributed by atoms with Crippen LogP contribution in [-0.2, 0) is 0 Å². The molecule has 0 radical (unpaired) electrons. The molecule has 0 saturated heterocycles. The summed E-state index contributed by atoms with van der Waals surface area (Å²) in [5.74, 6) is 1.04. The molecular weight excluding hydrogens is 210 g/mol. The molecule has 1 rings (SSSR count). The van der Waals surface area contributed by atoms with Crippen molar-refractivity contribution in [1.29, 1.82) is 0 Å². The van der Waals surface area contributed by atoms with Gasteiger partial charge in [-0.3, -0.25) is 0 Å². The molecule has 0 amide bonds. The van der Waals surface area contributed by atoms with E-state index in [0.29, 0.717) is 6.04 Å². The minimum absolute atomic E-state index is 0.622. The van der Waals surface area contributed by atoms with Crippen LogP contribution in [0.5, 0.6) is 5.75 Å². The van der Waals surface area contributed by atoms with Gasteiger partial charge in [-0.2, -0.15) is 0 Å². The molecule has 2 nitrogen and oxygen atoms in total. The zero-order valence-electron chi connectivity index (χ0n) is 11.5. The molecule has 0 aliphatic rings. The molecule has 1 aromatic rings. The van der Waals surface area contributed by atoms with Gasteiger partial charge >= 0.3 is 0 Å². The zero-order chi connectivity index (χ0) is 12.7. The van der Waals surface area contributed by atoms with E-state index in [-0.39, 0.29) is 0 Å². The predicted molar refractivity (Wildman–Crippen MR) is 73.8 cm³/mol. The van der Waals surface area contributed by atoms with Crippen LogP contribution in [0.25, 0.3) is 0 Å². The van der Waals surface area contributed by atoms with Gasteiger partial charge in [0, 0.05) is 12.6 Å². The van der Waals surface area contributed by atoms with Gasteiger partial charge in [-0.25, -0.2) is 0 Å². The molecule has 0 aromatic heterocycles. The second kappa shape index (κ2) is 7.33. The van der Waals surface area contributed by atoms with E-state index in [1.165, 1.54) is 24.0 Å². The summed E-state index contributed by atoms with van der Waals surface area (Å²) in [6.07, 6.45) is 2.36. The molecule has 1 N–H and O–H groups in total. The Labute approximate surface area is 105 Å². The van der Waals surface area contributed by atoms with Crippen molar-refractivity contribution < 1.29 is 4.74 Å². The molecule has 2 heteroatoms. The average molecular weight is 235 g/mol. The maximum absolute atomic E-state index is 5.84. The summed E-state index contributed by atoms with van der Waals surface area (Å²) >= 11 is 0. The van der Waals surface area contributed by atoms with Gasteiger partial charge in [0.25, 0.3) is 0 Å². The van der Waals surface area contributed by atoms with Crippen LogP contribution in [0, 0.1) is 13.8 Å². The number of aryl methyl sites for hydroxylation is 2. The first-order valence-corrected chi connectivity index (χ1v) is 6.61. The third kappa shape index (κ3) is 4.39. The van der Waals surface area contributed by atoms with Gasteiger partial charge in [0.2, 0.25) is 0 Å². The summed E-state index contributed by atoms with van der Waals surface area (Å²) in [5, 5.41) is 3.50. The Kier molecular flexibility index (Phi) is 6.06. The molecule has 0 saturated carbocycles. The van der Waals surface area contributed by atoms with Crippen molar-refractivity contribution in [2.75, 3.05) is 13.2 Å². The van der Waals surface area contributed by atoms with E-state index in [1.54, 1.807) is 0 Å². The molecule has 0 spiro atoms. The van der Waals surface area contributed by atoms with E-state index in [9.17, 15) is 0 Å². The van der Waals surface area contributed by atoms with E-state index in [1.807, 2.05) is 0 Å². The summed E-state index contributed by atoms with van der Waals surface area (Å²) in [6.45, 7) is 10.3. The molecule has 0 heterocycles. The van der Waals surface area contributed by atoms with E-state index in [4.69, 9.17) is 4.74 Å². The number of nitrogens with one attached hydrogen (secondary N) is 1. The maximum Gasteiger partial charge on any atom is 0.125 e. The van der Waals surface area contributed by atoms with Crippen molar-refractivity contribution in [1.82, 2.24) is 5.32 Å². The van der Waals surface area contributed by atoms with E-state index < -0.39 is 0 Å².